The molecule has 0 aliphatic rings. The Balaban J connectivity index is 1.37. The van der Waals surface area contributed by atoms with Crippen LogP contribution in [-0.4, -0.2) is 9.97 Å². The van der Waals surface area contributed by atoms with Gasteiger partial charge in [0.15, 0.2) is 0 Å². The van der Waals surface area contributed by atoms with Gasteiger partial charge in [-0.05, 0) is 121 Å². The number of pyridine rings is 2. The molecule has 9 aromatic rings. The highest BCUT2D eigenvalue weighted by atomic mass is 15.2. The van der Waals surface area contributed by atoms with Gasteiger partial charge in [0.2, 0.25) is 0 Å². The highest BCUT2D eigenvalue weighted by Crippen LogP contribution is 2.49. The third-order valence-electron chi connectivity index (χ3n) is 10.8. The molecule has 2 aromatic heterocycles. The molecule has 0 atom stereocenters. The van der Waals surface area contributed by atoms with Crippen LogP contribution in [-0.2, 0) is 0 Å². The zero-order valence-electron chi connectivity index (χ0n) is 31.9. The number of anilines is 6. The van der Waals surface area contributed by atoms with E-state index in [1.54, 1.807) is 0 Å². The summed E-state index contributed by atoms with van der Waals surface area (Å²) in [6.45, 7) is 15.0. The summed E-state index contributed by atoms with van der Waals surface area (Å²) in [4.78, 5) is 14.6. The second-order valence-electron chi connectivity index (χ2n) is 14.8. The van der Waals surface area contributed by atoms with E-state index in [0.29, 0.717) is 0 Å². The van der Waals surface area contributed by atoms with Crippen molar-refractivity contribution in [2.24, 2.45) is 0 Å². The highest BCUT2D eigenvalue weighted by Gasteiger charge is 2.26. The first-order chi connectivity index (χ1) is 26.8. The Morgan fingerprint density at radius 3 is 1.64 bits per heavy atom. The molecule has 266 valence electrons. The summed E-state index contributed by atoms with van der Waals surface area (Å²) >= 11 is 0. The number of fused-ring (bicyclic) bond motifs is 1. The zero-order chi connectivity index (χ0) is 37.8. The zero-order valence-corrected chi connectivity index (χ0v) is 31.9. The quantitative estimate of drug-likeness (QED) is 0.147. The standard InChI is InChI=1S/C51H42N4/c1-7-36-18-15-34(5)50(42(36)30-32(2)3)54(46-12-8-10-28-52-46)44-26-22-38-21-25-41-45(27-23-39-20-24-40(44)48(38)49(39)41)55(47-13-9-11-29-53-47)51-35(6)16-19-37-17-14-33(4)31-43(37)51/h7-31H,1H2,2-6H3. The van der Waals surface area contributed by atoms with Crippen LogP contribution < -0.4 is 9.80 Å². The Kier molecular flexibility index (Phi) is 8.39. The molecule has 7 aromatic carbocycles. The van der Waals surface area contributed by atoms with Gasteiger partial charge in [-0.2, -0.15) is 0 Å². The summed E-state index contributed by atoms with van der Waals surface area (Å²) in [6, 6.07) is 46.0. The Morgan fingerprint density at radius 2 is 1.07 bits per heavy atom. The van der Waals surface area contributed by atoms with Crippen molar-refractivity contribution in [2.45, 2.75) is 34.6 Å². The van der Waals surface area contributed by atoms with Crippen LogP contribution in [0.25, 0.3) is 55.2 Å². The summed E-state index contributed by atoms with van der Waals surface area (Å²) in [6.07, 6.45) is 7.97. The molecule has 4 heteroatoms. The van der Waals surface area contributed by atoms with E-state index in [2.05, 4.69) is 172 Å². The van der Waals surface area contributed by atoms with Gasteiger partial charge in [-0.3, -0.25) is 9.80 Å². The topological polar surface area (TPSA) is 32.3 Å². The second-order valence-corrected chi connectivity index (χ2v) is 14.8. The maximum Gasteiger partial charge on any atom is 0.137 e. The molecule has 2 heterocycles. The number of nitrogens with zero attached hydrogens (tertiary/aromatic N) is 4. The molecule has 0 saturated carbocycles. The molecule has 0 aliphatic heterocycles. The van der Waals surface area contributed by atoms with Crippen LogP contribution in [0, 0.1) is 20.8 Å². The van der Waals surface area contributed by atoms with E-state index in [-0.39, 0.29) is 0 Å². The summed E-state index contributed by atoms with van der Waals surface area (Å²) in [5, 5.41) is 9.57. The first-order valence-electron chi connectivity index (χ1n) is 18.9. The molecule has 0 radical (unpaired) electrons. The lowest BCUT2D eigenvalue weighted by atomic mass is 9.91. The predicted molar refractivity (Wildman–Crippen MR) is 236 cm³/mol. The van der Waals surface area contributed by atoms with Gasteiger partial charge in [-0.1, -0.05) is 115 Å². The van der Waals surface area contributed by atoms with Crippen LogP contribution >= 0.6 is 0 Å². The average molecular weight is 711 g/mol. The number of aromatic nitrogens is 2. The minimum atomic E-state index is 0.856. The molecule has 55 heavy (non-hydrogen) atoms. The smallest absolute Gasteiger partial charge is 0.137 e. The van der Waals surface area contributed by atoms with Crippen LogP contribution in [0.1, 0.15) is 41.7 Å². The van der Waals surface area contributed by atoms with Crippen LogP contribution in [0.15, 0.2) is 152 Å². The van der Waals surface area contributed by atoms with Gasteiger partial charge >= 0.3 is 0 Å². The largest absolute Gasteiger partial charge is 0.294 e. The first-order valence-corrected chi connectivity index (χ1v) is 18.9. The van der Waals surface area contributed by atoms with Gasteiger partial charge in [0, 0.05) is 34.1 Å². The number of hydrogen-bond acceptors (Lipinski definition) is 4. The third kappa shape index (κ3) is 5.69. The van der Waals surface area contributed by atoms with Crippen LogP contribution in [0.3, 0.4) is 0 Å². The molecular weight excluding hydrogens is 669 g/mol. The molecule has 0 saturated heterocycles. The molecule has 0 N–H and O–H groups in total. The summed E-state index contributed by atoms with van der Waals surface area (Å²) in [7, 11) is 0. The fourth-order valence-corrected chi connectivity index (χ4v) is 8.32. The number of rotatable bonds is 8. The number of hydrogen-bond donors (Lipinski definition) is 0. The molecule has 0 fully saturated rings. The maximum atomic E-state index is 4.97. The molecule has 4 nitrogen and oxygen atoms in total. The van der Waals surface area contributed by atoms with E-state index in [1.165, 1.54) is 54.4 Å². The van der Waals surface area contributed by atoms with Crippen molar-refractivity contribution in [3.63, 3.8) is 0 Å². The van der Waals surface area contributed by atoms with E-state index in [0.717, 1.165) is 56.5 Å². The van der Waals surface area contributed by atoms with Crippen LogP contribution in [0.2, 0.25) is 0 Å². The fourth-order valence-electron chi connectivity index (χ4n) is 8.32. The Labute approximate surface area is 322 Å². The SMILES string of the molecule is C=Cc1ccc(C)c(N(c2ccccn2)c2ccc3ccc4c(N(c5ccccn5)c5c(C)ccc6ccc(C)cc56)ccc5ccc2c3c54)c1C=C(C)C. The normalized spacial score (nSPS) is 11.4. The summed E-state index contributed by atoms with van der Waals surface area (Å²) in [5.74, 6) is 1.73. The highest BCUT2D eigenvalue weighted by molar-refractivity contribution is 6.28. The van der Waals surface area contributed by atoms with Crippen LogP contribution in [0.4, 0.5) is 34.4 Å². The van der Waals surface area contributed by atoms with Crippen molar-refractivity contribution in [1.29, 1.82) is 0 Å². The molecule has 0 bridgehead atoms. The van der Waals surface area contributed by atoms with Crippen molar-refractivity contribution in [3.05, 3.63) is 180 Å². The van der Waals surface area contributed by atoms with E-state index < -0.39 is 0 Å². The molecule has 0 amide bonds. The number of aryl methyl sites for hydroxylation is 3. The first kappa shape index (κ1) is 34.0. The average Bonchev–Trinajstić information content (AvgIpc) is 3.20. The predicted octanol–water partition coefficient (Wildman–Crippen LogP) is 14.5. The fraction of sp³-hybridized carbons (Fsp3) is 0.0980. The number of allylic oxidation sites excluding steroid dienone is 1. The van der Waals surface area contributed by atoms with Crippen molar-refractivity contribution >= 4 is 89.6 Å². The lowest BCUT2D eigenvalue weighted by Crippen LogP contribution is -2.15. The summed E-state index contributed by atoms with van der Waals surface area (Å²) < 4.78 is 0. The molecule has 0 unspecified atom stereocenters. The monoisotopic (exact) mass is 710 g/mol. The summed E-state index contributed by atoms with van der Waals surface area (Å²) in [5.41, 5.74) is 11.4. The van der Waals surface area contributed by atoms with E-state index in [9.17, 15) is 0 Å². The van der Waals surface area contributed by atoms with E-state index >= 15 is 0 Å². The minimum absolute atomic E-state index is 0.856. The lowest BCUT2D eigenvalue weighted by Gasteiger charge is -2.31. The van der Waals surface area contributed by atoms with E-state index in [1.807, 2.05) is 30.6 Å². The lowest BCUT2D eigenvalue weighted by molar-refractivity contribution is 1.17. The van der Waals surface area contributed by atoms with Gasteiger partial charge in [0.25, 0.3) is 0 Å². The van der Waals surface area contributed by atoms with Gasteiger partial charge in [-0.15, -0.1) is 0 Å². The maximum absolute atomic E-state index is 4.97. The van der Waals surface area contributed by atoms with Crippen molar-refractivity contribution in [2.75, 3.05) is 9.80 Å². The Morgan fingerprint density at radius 1 is 0.545 bits per heavy atom. The molecule has 9 rings (SSSR count). The third-order valence-corrected chi connectivity index (χ3v) is 10.8. The Hall–Kier alpha value is -6.78. The van der Waals surface area contributed by atoms with Crippen molar-refractivity contribution in [1.82, 2.24) is 9.97 Å². The second kappa shape index (κ2) is 13.6. The minimum Gasteiger partial charge on any atom is -0.294 e. The molecule has 0 spiro atoms. The molecule has 0 aliphatic carbocycles. The van der Waals surface area contributed by atoms with E-state index in [4.69, 9.17) is 9.97 Å². The van der Waals surface area contributed by atoms with Crippen molar-refractivity contribution < 1.29 is 0 Å². The van der Waals surface area contributed by atoms with Gasteiger partial charge in [0.1, 0.15) is 11.6 Å². The van der Waals surface area contributed by atoms with Crippen molar-refractivity contribution in [3.8, 4) is 0 Å². The van der Waals surface area contributed by atoms with Gasteiger partial charge < -0.3 is 0 Å². The van der Waals surface area contributed by atoms with Crippen LogP contribution in [0.5, 0.6) is 0 Å². The number of benzene rings is 7. The van der Waals surface area contributed by atoms with Gasteiger partial charge in [-0.25, -0.2) is 9.97 Å². The Bertz CT molecular complexity index is 2940. The van der Waals surface area contributed by atoms with Gasteiger partial charge in [0.05, 0.1) is 22.7 Å². The molecular formula is C51H42N4.